The van der Waals surface area contributed by atoms with Crippen LogP contribution in [0.5, 0.6) is 5.75 Å². The molecule has 0 atom stereocenters. The first-order valence-corrected chi connectivity index (χ1v) is 9.87. The van der Waals surface area contributed by atoms with Crippen LogP contribution < -0.4 is 10.1 Å². The van der Waals surface area contributed by atoms with Crippen molar-refractivity contribution in [3.63, 3.8) is 0 Å². The van der Waals surface area contributed by atoms with Crippen molar-refractivity contribution >= 4 is 39.6 Å². The molecule has 1 N–H and O–H groups in total. The summed E-state index contributed by atoms with van der Waals surface area (Å²) >= 11 is 5.08. The highest BCUT2D eigenvalue weighted by atomic mass is 32.2. The van der Waals surface area contributed by atoms with Gasteiger partial charge in [0.15, 0.2) is 4.34 Å². The van der Waals surface area contributed by atoms with Gasteiger partial charge in [0.1, 0.15) is 5.75 Å². The van der Waals surface area contributed by atoms with Crippen LogP contribution >= 0.6 is 34.4 Å². The first-order valence-electron chi connectivity index (χ1n) is 7.19. The zero-order valence-corrected chi connectivity index (χ0v) is 15.1. The van der Waals surface area contributed by atoms with Crippen molar-refractivity contribution in [1.29, 1.82) is 0 Å². The summed E-state index contributed by atoms with van der Waals surface area (Å²) in [6, 6.07) is 12.3. The highest BCUT2D eigenvalue weighted by Gasteiger charge is 2.05. The normalized spacial score (nSPS) is 10.7. The molecule has 0 aliphatic carbocycles. The summed E-state index contributed by atoms with van der Waals surface area (Å²) in [6.45, 7) is 0.885. The first-order chi connectivity index (χ1) is 11.3. The SMILES string of the molecule is COc1cccc(CSc2nnc(NCCc3cccs3)s2)c1. The Bertz CT molecular complexity index is 728. The molecular weight excluding hydrogens is 346 g/mol. The lowest BCUT2D eigenvalue weighted by Gasteiger charge is -2.02. The number of nitrogens with one attached hydrogen (secondary N) is 1. The predicted octanol–water partition coefficient (Wildman–Crippen LogP) is 4.56. The van der Waals surface area contributed by atoms with Crippen molar-refractivity contribution in [2.75, 3.05) is 19.0 Å². The number of hydrogen-bond acceptors (Lipinski definition) is 7. The van der Waals surface area contributed by atoms with E-state index in [9.17, 15) is 0 Å². The maximum atomic E-state index is 5.24. The fourth-order valence-corrected chi connectivity index (χ4v) is 4.42. The highest BCUT2D eigenvalue weighted by molar-refractivity contribution is 8.00. The molecule has 0 spiro atoms. The molecular formula is C16H17N3OS3. The number of thiophene rings is 1. The van der Waals surface area contributed by atoms with Gasteiger partial charge >= 0.3 is 0 Å². The molecule has 4 nitrogen and oxygen atoms in total. The van der Waals surface area contributed by atoms with Gasteiger partial charge in [-0.3, -0.25) is 0 Å². The summed E-state index contributed by atoms with van der Waals surface area (Å²) in [5.41, 5.74) is 1.22. The molecule has 0 saturated heterocycles. The van der Waals surface area contributed by atoms with Crippen LogP contribution in [-0.2, 0) is 12.2 Å². The van der Waals surface area contributed by atoms with Crippen LogP contribution in [0.4, 0.5) is 5.13 Å². The van der Waals surface area contributed by atoms with Gasteiger partial charge in [-0.15, -0.1) is 21.5 Å². The Labute approximate surface area is 147 Å². The summed E-state index contributed by atoms with van der Waals surface area (Å²) in [5.74, 6) is 1.75. The van der Waals surface area contributed by atoms with Crippen molar-refractivity contribution in [2.24, 2.45) is 0 Å². The van der Waals surface area contributed by atoms with E-state index in [1.807, 2.05) is 18.2 Å². The third kappa shape index (κ3) is 4.95. The van der Waals surface area contributed by atoms with Crippen LogP contribution in [0.1, 0.15) is 10.4 Å². The Morgan fingerprint density at radius 1 is 1.22 bits per heavy atom. The summed E-state index contributed by atoms with van der Waals surface area (Å²) in [5, 5.41) is 14.8. The van der Waals surface area contributed by atoms with Gasteiger partial charge in [0.25, 0.3) is 0 Å². The fraction of sp³-hybridized carbons (Fsp3) is 0.250. The lowest BCUT2D eigenvalue weighted by molar-refractivity contribution is 0.414. The van der Waals surface area contributed by atoms with Crippen LogP contribution in [0.15, 0.2) is 46.1 Å². The van der Waals surface area contributed by atoms with Crippen molar-refractivity contribution in [2.45, 2.75) is 16.5 Å². The largest absolute Gasteiger partial charge is 0.497 e. The van der Waals surface area contributed by atoms with Gasteiger partial charge in [0.05, 0.1) is 7.11 Å². The van der Waals surface area contributed by atoms with Gasteiger partial charge in [-0.1, -0.05) is 41.3 Å². The van der Waals surface area contributed by atoms with E-state index in [1.54, 1.807) is 41.5 Å². The quantitative estimate of drug-likeness (QED) is 0.595. The van der Waals surface area contributed by atoms with Crippen molar-refractivity contribution in [3.05, 3.63) is 52.2 Å². The maximum absolute atomic E-state index is 5.24. The standard InChI is InChI=1S/C16H17N3OS3/c1-20-13-5-2-4-12(10-13)11-22-16-19-18-15(23-16)17-8-7-14-6-3-9-21-14/h2-6,9-10H,7-8,11H2,1H3,(H,17,18). The minimum absolute atomic E-state index is 0.862. The average Bonchev–Trinajstić information content (AvgIpc) is 3.25. The van der Waals surface area contributed by atoms with Crippen LogP contribution in [0.25, 0.3) is 0 Å². The third-order valence-electron chi connectivity index (χ3n) is 3.13. The highest BCUT2D eigenvalue weighted by Crippen LogP contribution is 2.29. The fourth-order valence-electron chi connectivity index (χ4n) is 1.99. The van der Waals surface area contributed by atoms with Crippen LogP contribution in [0, 0.1) is 0 Å². The smallest absolute Gasteiger partial charge is 0.206 e. The molecule has 120 valence electrons. The van der Waals surface area contributed by atoms with Gasteiger partial charge < -0.3 is 10.1 Å². The molecule has 0 aliphatic heterocycles. The van der Waals surface area contributed by atoms with Gasteiger partial charge in [0, 0.05) is 17.2 Å². The topological polar surface area (TPSA) is 47.0 Å². The molecule has 2 aromatic heterocycles. The first kappa shape index (κ1) is 16.3. The number of methoxy groups -OCH3 is 1. The molecule has 23 heavy (non-hydrogen) atoms. The minimum Gasteiger partial charge on any atom is -0.497 e. The zero-order valence-electron chi connectivity index (χ0n) is 12.7. The van der Waals surface area contributed by atoms with E-state index in [4.69, 9.17) is 4.74 Å². The number of rotatable bonds is 8. The Morgan fingerprint density at radius 3 is 3.00 bits per heavy atom. The number of nitrogens with zero attached hydrogens (tertiary/aromatic N) is 2. The molecule has 0 aliphatic rings. The molecule has 0 bridgehead atoms. The van der Waals surface area contributed by atoms with E-state index in [0.29, 0.717) is 0 Å². The number of thioether (sulfide) groups is 1. The summed E-state index contributed by atoms with van der Waals surface area (Å²) < 4.78 is 6.22. The number of anilines is 1. The number of ether oxygens (including phenoxy) is 1. The summed E-state index contributed by atoms with van der Waals surface area (Å²) in [7, 11) is 1.69. The summed E-state index contributed by atoms with van der Waals surface area (Å²) in [6.07, 6.45) is 1.02. The Hall–Kier alpha value is -1.57. The average molecular weight is 364 g/mol. The van der Waals surface area contributed by atoms with E-state index in [1.165, 1.54) is 10.4 Å². The van der Waals surface area contributed by atoms with Crippen molar-refractivity contribution in [1.82, 2.24) is 10.2 Å². The van der Waals surface area contributed by atoms with Gasteiger partial charge in [0.2, 0.25) is 5.13 Å². The van der Waals surface area contributed by atoms with Gasteiger partial charge in [-0.25, -0.2) is 0 Å². The molecule has 0 fully saturated rings. The molecule has 1 aromatic carbocycles. The molecule has 3 aromatic rings. The predicted molar refractivity (Wildman–Crippen MR) is 99.0 cm³/mol. The molecule has 3 rings (SSSR count). The zero-order chi connectivity index (χ0) is 15.9. The second-order valence-electron chi connectivity index (χ2n) is 4.77. The third-order valence-corrected chi connectivity index (χ3v) is 6.15. The lowest BCUT2D eigenvalue weighted by Crippen LogP contribution is -2.03. The Balaban J connectivity index is 1.47. The minimum atomic E-state index is 0.862. The van der Waals surface area contributed by atoms with Crippen molar-refractivity contribution in [3.8, 4) is 5.75 Å². The summed E-state index contributed by atoms with van der Waals surface area (Å²) in [4.78, 5) is 1.38. The lowest BCUT2D eigenvalue weighted by atomic mass is 10.2. The Morgan fingerprint density at radius 2 is 2.17 bits per heavy atom. The number of aromatic nitrogens is 2. The van der Waals surface area contributed by atoms with Gasteiger partial charge in [-0.2, -0.15) is 0 Å². The second kappa shape index (κ2) is 8.33. The number of benzene rings is 1. The van der Waals surface area contributed by atoms with Crippen LogP contribution in [0.3, 0.4) is 0 Å². The molecule has 0 saturated carbocycles. The van der Waals surface area contributed by atoms with E-state index in [2.05, 4.69) is 39.1 Å². The maximum Gasteiger partial charge on any atom is 0.206 e. The van der Waals surface area contributed by atoms with E-state index in [0.717, 1.165) is 33.9 Å². The molecule has 0 unspecified atom stereocenters. The molecule has 0 amide bonds. The van der Waals surface area contributed by atoms with E-state index >= 15 is 0 Å². The van der Waals surface area contributed by atoms with E-state index in [-0.39, 0.29) is 0 Å². The van der Waals surface area contributed by atoms with Gasteiger partial charge in [-0.05, 0) is 35.6 Å². The number of hydrogen-bond donors (Lipinski definition) is 1. The van der Waals surface area contributed by atoms with Crippen molar-refractivity contribution < 1.29 is 4.74 Å². The molecule has 0 radical (unpaired) electrons. The van der Waals surface area contributed by atoms with Crippen LogP contribution in [-0.4, -0.2) is 23.9 Å². The van der Waals surface area contributed by atoms with E-state index < -0.39 is 0 Å². The molecule has 7 heteroatoms. The van der Waals surface area contributed by atoms with Crippen LogP contribution in [0.2, 0.25) is 0 Å². The molecule has 2 heterocycles. The monoisotopic (exact) mass is 363 g/mol. The Kier molecular flexibility index (Phi) is 5.90. The second-order valence-corrected chi connectivity index (χ2v) is 8.00.